The fourth-order valence-corrected chi connectivity index (χ4v) is 2.30. The summed E-state index contributed by atoms with van der Waals surface area (Å²) in [5.41, 5.74) is -0.380. The summed E-state index contributed by atoms with van der Waals surface area (Å²) in [5.74, 6) is 0.708. The van der Waals surface area contributed by atoms with Gasteiger partial charge in [-0.25, -0.2) is 0 Å². The molecule has 1 aromatic carbocycles. The molecule has 0 radical (unpaired) electrons. The van der Waals surface area contributed by atoms with Crippen LogP contribution in [0.1, 0.15) is 27.9 Å². The van der Waals surface area contributed by atoms with Crippen LogP contribution in [0.15, 0.2) is 36.7 Å². The quantitative estimate of drug-likeness (QED) is 0.865. The molecule has 1 aromatic heterocycles. The van der Waals surface area contributed by atoms with Gasteiger partial charge in [0.25, 0.3) is 0 Å². The van der Waals surface area contributed by atoms with Gasteiger partial charge in [0.1, 0.15) is 18.1 Å². The number of carbonyl (C=O) groups excluding carboxylic acids is 1. The molecule has 1 aliphatic rings. The van der Waals surface area contributed by atoms with Gasteiger partial charge in [0, 0.05) is 30.4 Å². The molecule has 2 aromatic rings. The summed E-state index contributed by atoms with van der Waals surface area (Å²) in [6.07, 6.45) is -2.12. The van der Waals surface area contributed by atoms with Crippen LogP contribution in [0.25, 0.3) is 0 Å². The number of rotatable bonds is 3. The molecular formula is C16H12F3NO3. The van der Waals surface area contributed by atoms with E-state index >= 15 is 0 Å². The molecule has 3 rings (SSSR count). The van der Waals surface area contributed by atoms with E-state index in [2.05, 4.69) is 4.98 Å². The highest BCUT2D eigenvalue weighted by Crippen LogP contribution is 2.33. The summed E-state index contributed by atoms with van der Waals surface area (Å²) in [6.45, 7) is 0.0297. The average molecular weight is 323 g/mol. The fraction of sp³-hybridized carbons (Fsp3) is 0.250. The van der Waals surface area contributed by atoms with Crippen molar-refractivity contribution in [3.05, 3.63) is 53.3 Å². The van der Waals surface area contributed by atoms with Gasteiger partial charge in [-0.2, -0.15) is 13.2 Å². The highest BCUT2D eigenvalue weighted by molar-refractivity contribution is 5.99. The second-order valence-electron chi connectivity index (χ2n) is 5.00. The molecule has 0 saturated heterocycles. The Morgan fingerprint density at radius 1 is 1.26 bits per heavy atom. The number of fused-ring (bicyclic) bond motifs is 1. The lowest BCUT2D eigenvalue weighted by atomic mass is 10.1. The first-order chi connectivity index (χ1) is 10.9. The van der Waals surface area contributed by atoms with Crippen LogP contribution in [0.2, 0.25) is 0 Å². The van der Waals surface area contributed by atoms with E-state index in [4.69, 9.17) is 9.47 Å². The van der Waals surface area contributed by atoms with Crippen LogP contribution in [-0.4, -0.2) is 17.4 Å². The van der Waals surface area contributed by atoms with Gasteiger partial charge < -0.3 is 9.47 Å². The molecule has 2 heterocycles. The van der Waals surface area contributed by atoms with Crippen LogP contribution in [0.5, 0.6) is 11.5 Å². The number of nitrogens with zero attached hydrogens (tertiary/aromatic N) is 1. The molecule has 0 N–H and O–H groups in total. The molecule has 4 nitrogen and oxygen atoms in total. The van der Waals surface area contributed by atoms with Gasteiger partial charge in [-0.05, 0) is 18.2 Å². The number of hydrogen-bond donors (Lipinski definition) is 0. The van der Waals surface area contributed by atoms with Crippen LogP contribution < -0.4 is 9.47 Å². The van der Waals surface area contributed by atoms with E-state index in [0.29, 0.717) is 23.5 Å². The lowest BCUT2D eigenvalue weighted by molar-refractivity contribution is -0.138. The second-order valence-corrected chi connectivity index (χ2v) is 5.00. The Morgan fingerprint density at radius 3 is 2.87 bits per heavy atom. The van der Waals surface area contributed by atoms with Crippen molar-refractivity contribution >= 4 is 5.78 Å². The van der Waals surface area contributed by atoms with Crippen molar-refractivity contribution in [2.24, 2.45) is 0 Å². The van der Waals surface area contributed by atoms with E-state index in [1.165, 1.54) is 18.3 Å². The van der Waals surface area contributed by atoms with E-state index < -0.39 is 11.7 Å². The molecule has 0 aliphatic carbocycles. The van der Waals surface area contributed by atoms with Gasteiger partial charge in [-0.1, -0.05) is 0 Å². The fourth-order valence-electron chi connectivity index (χ4n) is 2.30. The van der Waals surface area contributed by atoms with Crippen molar-refractivity contribution in [3.63, 3.8) is 0 Å². The Hall–Kier alpha value is -2.57. The third kappa shape index (κ3) is 3.28. The van der Waals surface area contributed by atoms with Crippen molar-refractivity contribution in [1.82, 2.24) is 4.98 Å². The molecule has 7 heteroatoms. The van der Waals surface area contributed by atoms with E-state index in [1.807, 2.05) is 0 Å². The number of alkyl halides is 3. The van der Waals surface area contributed by atoms with Crippen molar-refractivity contribution in [2.75, 3.05) is 6.61 Å². The minimum Gasteiger partial charge on any atom is -0.492 e. The summed E-state index contributed by atoms with van der Waals surface area (Å²) in [6, 6.07) is 5.88. The summed E-state index contributed by atoms with van der Waals surface area (Å²) in [4.78, 5) is 15.2. The summed E-state index contributed by atoms with van der Waals surface area (Å²) in [5, 5.41) is 0. The highest BCUT2D eigenvalue weighted by atomic mass is 19.4. The zero-order valence-electron chi connectivity index (χ0n) is 11.9. The van der Waals surface area contributed by atoms with Crippen LogP contribution in [0.4, 0.5) is 13.2 Å². The average Bonchev–Trinajstić information content (AvgIpc) is 2.52. The number of aromatic nitrogens is 1. The van der Waals surface area contributed by atoms with E-state index in [0.717, 1.165) is 6.20 Å². The highest BCUT2D eigenvalue weighted by Gasteiger charge is 2.33. The third-order valence-electron chi connectivity index (χ3n) is 3.45. The smallest absolute Gasteiger partial charge is 0.418 e. The van der Waals surface area contributed by atoms with Gasteiger partial charge >= 0.3 is 6.18 Å². The Balaban J connectivity index is 1.78. The van der Waals surface area contributed by atoms with Crippen LogP contribution in [0.3, 0.4) is 0 Å². The molecule has 0 bridgehead atoms. The molecule has 120 valence electrons. The van der Waals surface area contributed by atoms with E-state index in [9.17, 15) is 18.0 Å². The predicted molar refractivity (Wildman–Crippen MR) is 74.5 cm³/mol. The summed E-state index contributed by atoms with van der Waals surface area (Å²) < 4.78 is 49.5. The number of benzene rings is 1. The van der Waals surface area contributed by atoms with Crippen LogP contribution >= 0.6 is 0 Å². The molecule has 0 spiro atoms. The monoisotopic (exact) mass is 323 g/mol. The van der Waals surface area contributed by atoms with Gasteiger partial charge in [-0.15, -0.1) is 0 Å². The number of halogens is 3. The van der Waals surface area contributed by atoms with Gasteiger partial charge in [0.2, 0.25) is 0 Å². The van der Waals surface area contributed by atoms with Crippen LogP contribution in [-0.2, 0) is 12.8 Å². The Bertz CT molecular complexity index is 744. The lowest BCUT2D eigenvalue weighted by Gasteiger charge is -2.17. The first kappa shape index (κ1) is 15.3. The number of ether oxygens (including phenoxy) is 2. The first-order valence-electron chi connectivity index (χ1n) is 6.88. The van der Waals surface area contributed by atoms with Gasteiger partial charge in [0.05, 0.1) is 17.7 Å². The minimum atomic E-state index is -4.49. The number of carbonyl (C=O) groups is 1. The van der Waals surface area contributed by atoms with E-state index in [-0.39, 0.29) is 24.6 Å². The topological polar surface area (TPSA) is 48.4 Å². The zero-order valence-corrected chi connectivity index (χ0v) is 11.9. The SMILES string of the molecule is O=C1CCOc2cc(OCc3ccncc3C(F)(F)F)ccc21. The zero-order chi connectivity index (χ0) is 16.4. The van der Waals surface area contributed by atoms with Gasteiger partial charge in [-0.3, -0.25) is 9.78 Å². The van der Waals surface area contributed by atoms with Crippen molar-refractivity contribution in [2.45, 2.75) is 19.2 Å². The molecule has 0 unspecified atom stereocenters. The Morgan fingerprint density at radius 2 is 2.09 bits per heavy atom. The first-order valence-corrected chi connectivity index (χ1v) is 6.88. The number of hydrogen-bond acceptors (Lipinski definition) is 4. The minimum absolute atomic E-state index is 0.0118. The third-order valence-corrected chi connectivity index (χ3v) is 3.45. The molecule has 1 aliphatic heterocycles. The molecule has 0 amide bonds. The Labute approximate surface area is 129 Å². The maximum atomic E-state index is 12.9. The van der Waals surface area contributed by atoms with Crippen LogP contribution in [0, 0.1) is 0 Å². The molecule has 0 fully saturated rings. The second kappa shape index (κ2) is 5.91. The Kier molecular flexibility index (Phi) is 3.94. The molecule has 0 atom stereocenters. The van der Waals surface area contributed by atoms with Crippen molar-refractivity contribution in [1.29, 1.82) is 0 Å². The van der Waals surface area contributed by atoms with Crippen molar-refractivity contribution < 1.29 is 27.4 Å². The molecule has 23 heavy (non-hydrogen) atoms. The summed E-state index contributed by atoms with van der Waals surface area (Å²) >= 11 is 0. The number of Topliss-reactive ketones (excluding diaryl/α,β-unsaturated/α-hetero) is 1. The maximum absolute atomic E-state index is 12.9. The predicted octanol–water partition coefficient (Wildman–Crippen LogP) is 3.64. The number of pyridine rings is 1. The maximum Gasteiger partial charge on any atom is 0.418 e. The summed E-state index contributed by atoms with van der Waals surface area (Å²) in [7, 11) is 0. The largest absolute Gasteiger partial charge is 0.492 e. The van der Waals surface area contributed by atoms with Gasteiger partial charge in [0.15, 0.2) is 5.78 Å². The molecule has 0 saturated carbocycles. The normalized spacial score (nSPS) is 14.1. The number of ketones is 1. The lowest BCUT2D eigenvalue weighted by Crippen LogP contribution is -2.15. The molecular weight excluding hydrogens is 311 g/mol. The standard InChI is InChI=1S/C16H12F3NO3/c17-16(18,19)13-8-20-5-3-10(13)9-23-11-1-2-12-14(21)4-6-22-15(12)7-11/h1-3,5,7-8H,4,6,9H2. The van der Waals surface area contributed by atoms with E-state index in [1.54, 1.807) is 12.1 Å². The van der Waals surface area contributed by atoms with Crippen molar-refractivity contribution in [3.8, 4) is 11.5 Å².